The number of unbranched alkanes of at least 4 members (excludes halogenated alkanes) is 21. The maximum Gasteiger partial charge on any atom is 0.472 e. The molecule has 0 aliphatic rings. The Morgan fingerprint density at radius 1 is 0.461 bits per heavy atom. The minimum Gasteiger partial charge on any atom is -0.387 e. The van der Waals surface area contributed by atoms with E-state index >= 15 is 0 Å². The first kappa shape index (κ1) is 72.6. The minimum absolute atomic E-state index is 0.0369. The van der Waals surface area contributed by atoms with E-state index in [0.29, 0.717) is 17.4 Å². The molecule has 0 aromatic heterocycles. The number of nitrogens with one attached hydrogen (secondary N) is 1. The molecule has 0 heterocycles. The number of phosphoric acid groups is 1. The lowest BCUT2D eigenvalue weighted by atomic mass is 10.0. The van der Waals surface area contributed by atoms with E-state index < -0.39 is 20.0 Å². The number of carbonyl (C=O) groups excluding carboxylic acids is 1. The highest BCUT2D eigenvalue weighted by molar-refractivity contribution is 7.47. The summed E-state index contributed by atoms with van der Waals surface area (Å²) in [6, 6.07) is -0.905. The number of rotatable bonds is 54. The van der Waals surface area contributed by atoms with Crippen molar-refractivity contribution in [2.45, 2.75) is 244 Å². The Kier molecular flexibility index (Phi) is 53.9. The third-order valence-electron chi connectivity index (χ3n) is 12.8. The largest absolute Gasteiger partial charge is 0.472 e. The average Bonchev–Trinajstić information content (AvgIpc) is 3.38. The molecule has 0 saturated carbocycles. The second-order valence-corrected chi connectivity index (χ2v) is 22.8. The van der Waals surface area contributed by atoms with Gasteiger partial charge in [0.2, 0.25) is 5.91 Å². The molecule has 76 heavy (non-hydrogen) atoms. The molecule has 0 aromatic rings. The molecular weight excluding hydrogens is 960 g/mol. The van der Waals surface area contributed by atoms with E-state index in [1.807, 2.05) is 27.2 Å². The third-order valence-corrected chi connectivity index (χ3v) is 13.8. The van der Waals surface area contributed by atoms with E-state index in [-0.39, 0.29) is 25.5 Å². The van der Waals surface area contributed by atoms with Gasteiger partial charge in [0.25, 0.3) is 0 Å². The summed E-state index contributed by atoms with van der Waals surface area (Å²) in [4.78, 5) is 23.3. The number of aliphatic hydroxyl groups excluding tert-OH is 1. The van der Waals surface area contributed by atoms with Gasteiger partial charge in [-0.15, -0.1) is 0 Å². The van der Waals surface area contributed by atoms with Crippen molar-refractivity contribution in [3.05, 3.63) is 134 Å². The summed E-state index contributed by atoms with van der Waals surface area (Å²) in [5.74, 6) is -0.238. The van der Waals surface area contributed by atoms with Crippen LogP contribution in [0, 0.1) is 0 Å². The van der Waals surface area contributed by atoms with E-state index in [4.69, 9.17) is 9.05 Å². The first-order chi connectivity index (χ1) is 37.0. The zero-order chi connectivity index (χ0) is 55.6. The molecular formula is C67H116N2O6P+. The molecule has 1 amide bonds. The first-order valence-electron chi connectivity index (χ1n) is 30.6. The van der Waals surface area contributed by atoms with Crippen LogP contribution < -0.4 is 5.32 Å². The number of aliphatic hydroxyl groups is 1. The summed E-state index contributed by atoms with van der Waals surface area (Å²) in [5, 5.41) is 13.9. The van der Waals surface area contributed by atoms with Gasteiger partial charge in [-0.25, -0.2) is 4.57 Å². The molecule has 0 aliphatic carbocycles. The molecule has 0 bridgehead atoms. The van der Waals surface area contributed by atoms with Crippen molar-refractivity contribution in [3.8, 4) is 0 Å². The first-order valence-corrected chi connectivity index (χ1v) is 32.1. The van der Waals surface area contributed by atoms with E-state index in [1.54, 1.807) is 6.08 Å². The zero-order valence-corrected chi connectivity index (χ0v) is 50.3. The molecule has 0 saturated heterocycles. The second-order valence-electron chi connectivity index (χ2n) is 21.3. The van der Waals surface area contributed by atoms with E-state index in [0.717, 1.165) is 89.9 Å². The Hall–Kier alpha value is -3.36. The average molecular weight is 1080 g/mol. The highest BCUT2D eigenvalue weighted by Gasteiger charge is 2.27. The zero-order valence-electron chi connectivity index (χ0n) is 49.4. The predicted octanol–water partition coefficient (Wildman–Crippen LogP) is 19.1. The van der Waals surface area contributed by atoms with Gasteiger partial charge in [0.15, 0.2) is 0 Å². The number of amides is 1. The molecule has 9 heteroatoms. The van der Waals surface area contributed by atoms with Crippen molar-refractivity contribution in [2.75, 3.05) is 40.9 Å². The number of hydrogen-bond acceptors (Lipinski definition) is 5. The SMILES string of the molecule is CC/C=C\C/C=C\C/C=C\C/C=C\C/C=C\C/C=C\C/C=C\C/C=C\CCCCC(=O)NC(COP(=O)(O)OCC[N+](C)(C)C)C(O)/C=C/CC/C=C/CC/C=C/CCCCCCCCCCCCCCCCCCC. The molecule has 8 nitrogen and oxygen atoms in total. The van der Waals surface area contributed by atoms with Crippen molar-refractivity contribution in [1.29, 1.82) is 0 Å². The number of hydrogen-bond donors (Lipinski definition) is 3. The van der Waals surface area contributed by atoms with Crippen molar-refractivity contribution >= 4 is 13.7 Å². The molecule has 0 radical (unpaired) electrons. The van der Waals surface area contributed by atoms with E-state index in [2.05, 4.69) is 141 Å². The number of carbonyl (C=O) groups is 1. The lowest BCUT2D eigenvalue weighted by Gasteiger charge is -2.25. The van der Waals surface area contributed by atoms with Gasteiger partial charge in [-0.3, -0.25) is 13.8 Å². The van der Waals surface area contributed by atoms with Crippen LogP contribution in [0.25, 0.3) is 0 Å². The Bertz CT molecular complexity index is 1700. The van der Waals surface area contributed by atoms with Gasteiger partial charge < -0.3 is 19.8 Å². The maximum absolute atomic E-state index is 13.0. The summed E-state index contributed by atoms with van der Waals surface area (Å²) in [5.41, 5.74) is 0. The van der Waals surface area contributed by atoms with Crippen LogP contribution >= 0.6 is 7.82 Å². The lowest BCUT2D eigenvalue weighted by molar-refractivity contribution is -0.870. The van der Waals surface area contributed by atoms with Crippen LogP contribution in [0.15, 0.2) is 134 Å². The third kappa shape index (κ3) is 58.3. The smallest absolute Gasteiger partial charge is 0.387 e. The van der Waals surface area contributed by atoms with Gasteiger partial charge in [-0.1, -0.05) is 250 Å². The lowest BCUT2D eigenvalue weighted by Crippen LogP contribution is -2.45. The molecule has 0 aromatic carbocycles. The van der Waals surface area contributed by atoms with Gasteiger partial charge in [0, 0.05) is 6.42 Å². The van der Waals surface area contributed by atoms with Crippen molar-refractivity contribution in [3.63, 3.8) is 0 Å². The van der Waals surface area contributed by atoms with Crippen molar-refractivity contribution < 1.29 is 32.9 Å². The number of phosphoric ester groups is 1. The van der Waals surface area contributed by atoms with Crippen LogP contribution in [0.1, 0.15) is 232 Å². The van der Waals surface area contributed by atoms with Crippen LogP contribution in [-0.4, -0.2) is 73.4 Å². The highest BCUT2D eigenvalue weighted by atomic mass is 31.2. The molecule has 0 aliphatic heterocycles. The number of quaternary nitrogens is 1. The normalized spacial score (nSPS) is 14.8. The van der Waals surface area contributed by atoms with Crippen molar-refractivity contribution in [2.24, 2.45) is 0 Å². The Labute approximate surface area is 468 Å². The molecule has 0 rings (SSSR count). The molecule has 3 atom stereocenters. The van der Waals surface area contributed by atoms with Crippen molar-refractivity contribution in [1.82, 2.24) is 5.32 Å². The standard InChI is InChI=1S/C67H115N2O6P/c1-6-8-10-12-14-16-18-20-22-24-26-28-30-32-34-36-38-40-42-44-46-48-50-52-54-56-58-60-66(70)65(64-75-76(72,73)74-63-62-69(3,4)5)68-67(71)61-59-57-55-53-51-49-47-45-43-41-39-37-35-33-31-29-27-25-23-21-19-17-15-13-11-9-7-2/h9,11,15,17,21,23,27,29,33,35,39,41-42,44-45,47,50-53,58,60,65-66,70H,6-8,10,12-14,16,18-20,22,24-26,28,30-32,34,36-38,40,43,46,48-49,54-57,59,61-64H2,1-5H3,(H-,68,71,72,73)/p+1/b11-9-,17-15-,23-21-,29-27-,35-33-,41-39-,44-42+,47-45-,52-50+,53-51-,60-58+. The topological polar surface area (TPSA) is 105 Å². The summed E-state index contributed by atoms with van der Waals surface area (Å²) in [6.07, 6.45) is 85.8. The van der Waals surface area contributed by atoms with Gasteiger partial charge >= 0.3 is 7.82 Å². The molecule has 3 N–H and O–H groups in total. The fraction of sp³-hybridized carbons (Fsp3) is 0.657. The maximum atomic E-state index is 13.0. The van der Waals surface area contributed by atoms with Crippen LogP contribution in [0.4, 0.5) is 0 Å². The molecule has 0 spiro atoms. The monoisotopic (exact) mass is 1080 g/mol. The minimum atomic E-state index is -4.39. The highest BCUT2D eigenvalue weighted by Crippen LogP contribution is 2.43. The number of allylic oxidation sites excluding steroid dienone is 21. The Morgan fingerprint density at radius 2 is 0.803 bits per heavy atom. The number of nitrogens with zero attached hydrogens (tertiary/aromatic N) is 1. The molecule has 0 fully saturated rings. The molecule has 434 valence electrons. The quantitative estimate of drug-likeness (QED) is 0.0243. The van der Waals surface area contributed by atoms with Crippen LogP contribution in [0.2, 0.25) is 0 Å². The van der Waals surface area contributed by atoms with Crippen LogP contribution in [-0.2, 0) is 18.4 Å². The van der Waals surface area contributed by atoms with Gasteiger partial charge in [0.1, 0.15) is 13.2 Å². The fourth-order valence-electron chi connectivity index (χ4n) is 8.09. The fourth-order valence-corrected chi connectivity index (χ4v) is 8.82. The van der Waals surface area contributed by atoms with E-state index in [9.17, 15) is 19.4 Å². The Balaban J connectivity index is 4.39. The van der Waals surface area contributed by atoms with Gasteiger partial charge in [-0.2, -0.15) is 0 Å². The van der Waals surface area contributed by atoms with Gasteiger partial charge in [-0.05, 0) is 109 Å². The summed E-state index contributed by atoms with van der Waals surface area (Å²) in [7, 11) is 1.50. The van der Waals surface area contributed by atoms with E-state index in [1.165, 1.54) is 116 Å². The molecule has 3 unspecified atom stereocenters. The predicted molar refractivity (Wildman–Crippen MR) is 331 cm³/mol. The number of likely N-dealkylation sites (N-methyl/N-ethyl adjacent to an activating group) is 1. The summed E-state index contributed by atoms with van der Waals surface area (Å²) < 4.78 is 23.7. The Morgan fingerprint density at radius 3 is 1.21 bits per heavy atom. The van der Waals surface area contributed by atoms with Gasteiger partial charge in [0.05, 0.1) is 39.9 Å². The summed E-state index contributed by atoms with van der Waals surface area (Å²) in [6.45, 7) is 4.63. The second kappa shape index (κ2) is 56.4. The summed E-state index contributed by atoms with van der Waals surface area (Å²) >= 11 is 0. The van der Waals surface area contributed by atoms with Crippen LogP contribution in [0.3, 0.4) is 0 Å². The van der Waals surface area contributed by atoms with Crippen LogP contribution in [0.5, 0.6) is 0 Å².